The molecule has 0 aliphatic heterocycles. The van der Waals surface area contributed by atoms with E-state index in [2.05, 4.69) is 38.2 Å². The number of carbonyl (C=O) groups is 1. The minimum Gasteiger partial charge on any atom is -0.481 e. The number of hydrogen-bond acceptors (Lipinski definition) is 1. The third kappa shape index (κ3) is 17.3. The molecule has 0 aliphatic carbocycles. The number of allylic oxidation sites excluding steroid dienone is 4. The van der Waals surface area contributed by atoms with Crippen LogP contribution in [0.25, 0.3) is 0 Å². The van der Waals surface area contributed by atoms with Crippen LogP contribution >= 0.6 is 0 Å². The van der Waals surface area contributed by atoms with E-state index in [-0.39, 0.29) is 12.3 Å². The van der Waals surface area contributed by atoms with Crippen LogP contribution in [-0.2, 0) is 4.79 Å². The van der Waals surface area contributed by atoms with Crippen molar-refractivity contribution in [2.75, 3.05) is 0 Å². The lowest BCUT2D eigenvalue weighted by Crippen LogP contribution is -2.05. The van der Waals surface area contributed by atoms with Gasteiger partial charge in [0.15, 0.2) is 0 Å². The quantitative estimate of drug-likeness (QED) is 0.223. The first-order valence-corrected chi connectivity index (χ1v) is 10.2. The van der Waals surface area contributed by atoms with Crippen LogP contribution in [0, 0.1) is 5.92 Å². The zero-order chi connectivity index (χ0) is 17.9. The monoisotopic (exact) mass is 336 g/mol. The van der Waals surface area contributed by atoms with Gasteiger partial charge in [-0.15, -0.1) is 0 Å². The second-order valence-corrected chi connectivity index (χ2v) is 6.86. The van der Waals surface area contributed by atoms with Crippen molar-refractivity contribution in [3.05, 3.63) is 24.3 Å². The lowest BCUT2D eigenvalue weighted by atomic mass is 9.96. The van der Waals surface area contributed by atoms with Crippen LogP contribution in [0.1, 0.15) is 104 Å². The highest BCUT2D eigenvalue weighted by atomic mass is 16.4. The summed E-state index contributed by atoms with van der Waals surface area (Å²) in [6, 6.07) is 0. The summed E-state index contributed by atoms with van der Waals surface area (Å²) in [5.41, 5.74) is 0. The lowest BCUT2D eigenvalue weighted by molar-refractivity contribution is -0.137. The molecule has 0 aromatic heterocycles. The molecule has 0 amide bonds. The Morgan fingerprint density at radius 1 is 0.833 bits per heavy atom. The van der Waals surface area contributed by atoms with E-state index in [0.717, 1.165) is 19.3 Å². The van der Waals surface area contributed by atoms with Crippen molar-refractivity contribution < 1.29 is 9.90 Å². The molecule has 0 spiro atoms. The van der Waals surface area contributed by atoms with E-state index in [1.807, 2.05) is 0 Å². The molecule has 0 fully saturated rings. The Hall–Kier alpha value is -1.05. The molecule has 0 radical (unpaired) electrons. The Kier molecular flexibility index (Phi) is 17.5. The maximum Gasteiger partial charge on any atom is 0.303 e. The first-order valence-electron chi connectivity index (χ1n) is 10.2. The van der Waals surface area contributed by atoms with Crippen LogP contribution in [0.15, 0.2) is 24.3 Å². The summed E-state index contributed by atoms with van der Waals surface area (Å²) < 4.78 is 0. The van der Waals surface area contributed by atoms with Gasteiger partial charge in [-0.3, -0.25) is 4.79 Å². The van der Waals surface area contributed by atoms with Crippen molar-refractivity contribution in [2.24, 2.45) is 5.92 Å². The topological polar surface area (TPSA) is 37.3 Å². The van der Waals surface area contributed by atoms with Crippen LogP contribution in [0.3, 0.4) is 0 Å². The van der Waals surface area contributed by atoms with Crippen LogP contribution in [-0.4, -0.2) is 11.1 Å². The van der Waals surface area contributed by atoms with Gasteiger partial charge in [0, 0.05) is 0 Å². The summed E-state index contributed by atoms with van der Waals surface area (Å²) in [7, 11) is 0. The fourth-order valence-electron chi connectivity index (χ4n) is 2.94. The number of carboxylic acids is 1. The Morgan fingerprint density at radius 2 is 1.42 bits per heavy atom. The Balaban J connectivity index is 3.51. The van der Waals surface area contributed by atoms with Gasteiger partial charge in [0.1, 0.15) is 0 Å². The third-order valence-corrected chi connectivity index (χ3v) is 4.42. The summed E-state index contributed by atoms with van der Waals surface area (Å²) in [4.78, 5) is 10.9. The molecule has 0 aliphatic rings. The van der Waals surface area contributed by atoms with Gasteiger partial charge in [-0.1, -0.05) is 83.1 Å². The molecule has 2 nitrogen and oxygen atoms in total. The highest BCUT2D eigenvalue weighted by Crippen LogP contribution is 2.16. The van der Waals surface area contributed by atoms with E-state index in [4.69, 9.17) is 5.11 Å². The van der Waals surface area contributed by atoms with Gasteiger partial charge >= 0.3 is 5.97 Å². The molecule has 0 rings (SSSR count). The van der Waals surface area contributed by atoms with E-state index < -0.39 is 5.97 Å². The Morgan fingerprint density at radius 3 is 2.00 bits per heavy atom. The fourth-order valence-corrected chi connectivity index (χ4v) is 2.94. The van der Waals surface area contributed by atoms with Gasteiger partial charge in [-0.2, -0.15) is 0 Å². The Bertz CT molecular complexity index is 331. The van der Waals surface area contributed by atoms with Gasteiger partial charge in [0.25, 0.3) is 0 Å². The second kappa shape index (κ2) is 18.3. The molecule has 1 unspecified atom stereocenters. The summed E-state index contributed by atoms with van der Waals surface area (Å²) in [6.45, 7) is 4.35. The van der Waals surface area contributed by atoms with Gasteiger partial charge in [-0.05, 0) is 44.4 Å². The summed E-state index contributed by atoms with van der Waals surface area (Å²) >= 11 is 0. The molecule has 1 N–H and O–H groups in total. The third-order valence-electron chi connectivity index (χ3n) is 4.42. The number of carboxylic acid groups (broad SMARTS) is 1. The van der Waals surface area contributed by atoms with Gasteiger partial charge in [-0.25, -0.2) is 0 Å². The predicted molar refractivity (Wildman–Crippen MR) is 105 cm³/mol. The summed E-state index contributed by atoms with van der Waals surface area (Å²) in [6.07, 6.45) is 25.3. The van der Waals surface area contributed by atoms with Crippen molar-refractivity contribution in [3.8, 4) is 0 Å². The second-order valence-electron chi connectivity index (χ2n) is 6.86. The molecule has 0 heterocycles. The highest BCUT2D eigenvalue weighted by molar-refractivity contribution is 5.67. The molecule has 0 saturated heterocycles. The van der Waals surface area contributed by atoms with E-state index in [9.17, 15) is 4.79 Å². The standard InChI is InChI=1S/C22H40O2/c1-3-5-7-8-9-10-11-12-13-14-15-16-17-19-21(18-6-4-2)20-22(23)24/h6,12-13,18,21H,3-5,7-11,14-17,19-20H2,1-2H3,(H,23,24)/b13-12-,18-6?. The zero-order valence-corrected chi connectivity index (χ0v) is 16.1. The average Bonchev–Trinajstić information content (AvgIpc) is 2.56. The molecule has 1 atom stereocenters. The largest absolute Gasteiger partial charge is 0.481 e. The number of rotatable bonds is 17. The van der Waals surface area contributed by atoms with Gasteiger partial charge < -0.3 is 5.11 Å². The van der Waals surface area contributed by atoms with Crippen LogP contribution in [0.5, 0.6) is 0 Å². The fraction of sp³-hybridized carbons (Fsp3) is 0.773. The maximum absolute atomic E-state index is 10.9. The summed E-state index contributed by atoms with van der Waals surface area (Å²) in [5.74, 6) is -0.468. The van der Waals surface area contributed by atoms with Crippen LogP contribution in [0.4, 0.5) is 0 Å². The highest BCUT2D eigenvalue weighted by Gasteiger charge is 2.09. The van der Waals surface area contributed by atoms with E-state index in [0.29, 0.717) is 0 Å². The molecule has 0 aromatic carbocycles. The normalized spacial score (nSPS) is 13.1. The maximum atomic E-state index is 10.9. The van der Waals surface area contributed by atoms with E-state index in [1.54, 1.807) is 0 Å². The number of hydrogen-bond donors (Lipinski definition) is 1. The molecule has 0 saturated carbocycles. The van der Waals surface area contributed by atoms with Crippen LogP contribution in [0.2, 0.25) is 0 Å². The van der Waals surface area contributed by atoms with Gasteiger partial charge in [0.2, 0.25) is 0 Å². The minimum atomic E-state index is -0.682. The molecule has 0 bridgehead atoms. The zero-order valence-electron chi connectivity index (χ0n) is 16.1. The first kappa shape index (κ1) is 22.9. The number of unbranched alkanes of at least 4 members (excludes halogenated alkanes) is 9. The van der Waals surface area contributed by atoms with Crippen molar-refractivity contribution in [2.45, 2.75) is 104 Å². The Labute approximate surface area is 150 Å². The smallest absolute Gasteiger partial charge is 0.303 e. The predicted octanol–water partition coefficient (Wildman–Crippen LogP) is 7.30. The average molecular weight is 337 g/mol. The van der Waals surface area contributed by atoms with Crippen LogP contribution < -0.4 is 0 Å². The number of aliphatic carboxylic acids is 1. The minimum absolute atomic E-state index is 0.214. The van der Waals surface area contributed by atoms with E-state index in [1.165, 1.54) is 64.2 Å². The molecular weight excluding hydrogens is 296 g/mol. The van der Waals surface area contributed by atoms with Crippen molar-refractivity contribution in [3.63, 3.8) is 0 Å². The SMILES string of the molecule is CCC=CC(CCCCC/C=C\CCCCCCCC)CC(=O)O. The summed E-state index contributed by atoms with van der Waals surface area (Å²) in [5, 5.41) is 8.94. The molecule has 24 heavy (non-hydrogen) atoms. The molecule has 140 valence electrons. The lowest BCUT2D eigenvalue weighted by Gasteiger charge is -2.09. The molecule has 2 heteroatoms. The molecule has 0 aromatic rings. The van der Waals surface area contributed by atoms with Crippen molar-refractivity contribution in [1.82, 2.24) is 0 Å². The van der Waals surface area contributed by atoms with Gasteiger partial charge in [0.05, 0.1) is 6.42 Å². The first-order chi connectivity index (χ1) is 11.7. The molecular formula is C22H40O2. The van der Waals surface area contributed by atoms with Crippen molar-refractivity contribution >= 4 is 5.97 Å². The van der Waals surface area contributed by atoms with Crippen molar-refractivity contribution in [1.29, 1.82) is 0 Å². The van der Waals surface area contributed by atoms with E-state index >= 15 is 0 Å².